The fraction of sp³-hybridized carbons (Fsp3) is 0.455. The third-order valence-electron chi connectivity index (χ3n) is 2.33. The fourth-order valence-electron chi connectivity index (χ4n) is 1.54. The molecule has 1 aromatic rings. The zero-order chi connectivity index (χ0) is 10.7. The number of methoxy groups -OCH3 is 1. The van der Waals surface area contributed by atoms with Crippen molar-refractivity contribution >= 4 is 0 Å². The molecule has 0 bridgehead atoms. The van der Waals surface area contributed by atoms with Gasteiger partial charge in [0, 0.05) is 12.5 Å². The zero-order valence-corrected chi connectivity index (χ0v) is 8.60. The van der Waals surface area contributed by atoms with Crippen molar-refractivity contribution in [3.63, 3.8) is 0 Å². The molecule has 1 saturated heterocycles. The summed E-state index contributed by atoms with van der Waals surface area (Å²) in [6, 6.07) is 4.80. The molecule has 0 spiro atoms. The Bertz CT molecular complexity index is 331. The molecule has 0 radical (unpaired) electrons. The van der Waals surface area contributed by atoms with Crippen molar-refractivity contribution in [2.45, 2.75) is 12.5 Å². The van der Waals surface area contributed by atoms with E-state index in [9.17, 15) is 5.11 Å². The van der Waals surface area contributed by atoms with E-state index in [0.29, 0.717) is 18.1 Å². The van der Waals surface area contributed by atoms with Crippen LogP contribution in [0.25, 0.3) is 0 Å². The number of phenolic OH excluding ortho intramolecular Hbond substituents is 1. The first-order valence-corrected chi connectivity index (χ1v) is 4.91. The van der Waals surface area contributed by atoms with Crippen molar-refractivity contribution in [2.75, 3.05) is 20.3 Å². The van der Waals surface area contributed by atoms with Gasteiger partial charge >= 0.3 is 0 Å². The minimum Gasteiger partial charge on any atom is -0.508 e. The van der Waals surface area contributed by atoms with Gasteiger partial charge in [-0.2, -0.15) is 0 Å². The molecule has 0 aliphatic carbocycles. The van der Waals surface area contributed by atoms with Crippen LogP contribution in [0.1, 0.15) is 6.42 Å². The molecule has 4 heteroatoms. The molecule has 1 heterocycles. The Balaban J connectivity index is 2.14. The molecule has 4 nitrogen and oxygen atoms in total. The van der Waals surface area contributed by atoms with Gasteiger partial charge in [0.25, 0.3) is 0 Å². The summed E-state index contributed by atoms with van der Waals surface area (Å²) in [5.41, 5.74) is 0. The summed E-state index contributed by atoms with van der Waals surface area (Å²) in [6.45, 7) is 1.32. The molecular formula is C11H14O4. The smallest absolute Gasteiger partial charge is 0.165 e. The van der Waals surface area contributed by atoms with Crippen LogP contribution in [-0.2, 0) is 4.74 Å². The molecular weight excluding hydrogens is 196 g/mol. The number of benzene rings is 1. The lowest BCUT2D eigenvalue weighted by Gasteiger charge is -2.14. The molecule has 1 N–H and O–H groups in total. The van der Waals surface area contributed by atoms with E-state index in [1.165, 1.54) is 0 Å². The minimum atomic E-state index is 0.0562. The van der Waals surface area contributed by atoms with Crippen molar-refractivity contribution in [2.24, 2.45) is 0 Å². The molecule has 0 amide bonds. The zero-order valence-electron chi connectivity index (χ0n) is 8.60. The minimum absolute atomic E-state index is 0.0562. The normalized spacial score (nSPS) is 20.2. The topological polar surface area (TPSA) is 47.9 Å². The van der Waals surface area contributed by atoms with Crippen molar-refractivity contribution in [1.29, 1.82) is 0 Å². The third-order valence-corrected chi connectivity index (χ3v) is 2.33. The van der Waals surface area contributed by atoms with E-state index in [0.717, 1.165) is 13.0 Å². The molecule has 82 valence electrons. The molecule has 1 fully saturated rings. The second-order valence-electron chi connectivity index (χ2n) is 3.44. The van der Waals surface area contributed by atoms with Gasteiger partial charge < -0.3 is 19.3 Å². The Labute approximate surface area is 88.4 Å². The van der Waals surface area contributed by atoms with E-state index in [4.69, 9.17) is 14.2 Å². The summed E-state index contributed by atoms with van der Waals surface area (Å²) in [4.78, 5) is 0. The average Bonchev–Trinajstić information content (AvgIpc) is 2.71. The summed E-state index contributed by atoms with van der Waals surface area (Å²) in [5, 5.41) is 9.34. The van der Waals surface area contributed by atoms with Gasteiger partial charge in [0.2, 0.25) is 0 Å². The third kappa shape index (κ3) is 2.33. The van der Waals surface area contributed by atoms with Gasteiger partial charge in [-0.25, -0.2) is 0 Å². The highest BCUT2D eigenvalue weighted by atomic mass is 16.6. The summed E-state index contributed by atoms with van der Waals surface area (Å²) in [5.74, 6) is 1.36. The van der Waals surface area contributed by atoms with E-state index in [2.05, 4.69) is 0 Å². The lowest BCUT2D eigenvalue weighted by atomic mass is 10.2. The van der Waals surface area contributed by atoms with Gasteiger partial charge in [-0.1, -0.05) is 0 Å². The van der Waals surface area contributed by atoms with Crippen molar-refractivity contribution in [1.82, 2.24) is 0 Å². The van der Waals surface area contributed by atoms with E-state index in [1.54, 1.807) is 25.3 Å². The van der Waals surface area contributed by atoms with Crippen molar-refractivity contribution in [3.05, 3.63) is 18.2 Å². The van der Waals surface area contributed by atoms with Crippen LogP contribution in [0.4, 0.5) is 0 Å². The summed E-state index contributed by atoms with van der Waals surface area (Å²) in [7, 11) is 1.57. The molecule has 2 rings (SSSR count). The Morgan fingerprint density at radius 3 is 2.93 bits per heavy atom. The molecule has 0 aromatic heterocycles. The Hall–Kier alpha value is -1.42. The lowest BCUT2D eigenvalue weighted by Crippen LogP contribution is -2.16. The maximum absolute atomic E-state index is 9.34. The first kappa shape index (κ1) is 10.1. The monoisotopic (exact) mass is 210 g/mol. The standard InChI is InChI=1S/C11H14O4/c1-13-10-3-2-8(12)6-11(10)15-9-4-5-14-7-9/h2-3,6,9,12H,4-5,7H2,1H3. The molecule has 1 aliphatic rings. The van der Waals surface area contributed by atoms with Crippen LogP contribution in [0, 0.1) is 0 Å². The summed E-state index contributed by atoms with van der Waals surface area (Å²) < 4.78 is 16.0. The number of hydrogen-bond acceptors (Lipinski definition) is 4. The van der Waals surface area contributed by atoms with Crippen molar-refractivity contribution in [3.8, 4) is 17.2 Å². The molecule has 1 aliphatic heterocycles. The van der Waals surface area contributed by atoms with Gasteiger partial charge in [-0.05, 0) is 12.1 Å². The highest BCUT2D eigenvalue weighted by Gasteiger charge is 2.19. The first-order valence-electron chi connectivity index (χ1n) is 4.91. The van der Waals surface area contributed by atoms with Crippen LogP contribution in [0.15, 0.2) is 18.2 Å². The summed E-state index contributed by atoms with van der Waals surface area (Å²) >= 11 is 0. The second kappa shape index (κ2) is 4.40. The molecule has 1 atom stereocenters. The Morgan fingerprint density at radius 1 is 1.40 bits per heavy atom. The molecule has 1 aromatic carbocycles. The van der Waals surface area contributed by atoms with Gasteiger partial charge in [0.05, 0.1) is 20.3 Å². The number of aromatic hydroxyl groups is 1. The van der Waals surface area contributed by atoms with E-state index < -0.39 is 0 Å². The molecule has 1 unspecified atom stereocenters. The average molecular weight is 210 g/mol. The quantitative estimate of drug-likeness (QED) is 0.822. The number of ether oxygens (including phenoxy) is 3. The Kier molecular flexibility index (Phi) is 2.97. The van der Waals surface area contributed by atoms with Gasteiger partial charge in [0.15, 0.2) is 11.5 Å². The predicted octanol–water partition coefficient (Wildman–Crippen LogP) is 1.57. The maximum Gasteiger partial charge on any atom is 0.165 e. The summed E-state index contributed by atoms with van der Waals surface area (Å²) in [6.07, 6.45) is 0.930. The van der Waals surface area contributed by atoms with E-state index in [-0.39, 0.29) is 11.9 Å². The van der Waals surface area contributed by atoms with E-state index in [1.807, 2.05) is 0 Å². The first-order chi connectivity index (χ1) is 7.29. The Morgan fingerprint density at radius 2 is 2.27 bits per heavy atom. The van der Waals surface area contributed by atoms with Crippen molar-refractivity contribution < 1.29 is 19.3 Å². The number of rotatable bonds is 3. The SMILES string of the molecule is COc1ccc(O)cc1OC1CCOC1. The van der Waals surface area contributed by atoms with Crippen LogP contribution in [0.3, 0.4) is 0 Å². The van der Waals surface area contributed by atoms with Gasteiger partial charge in [-0.3, -0.25) is 0 Å². The maximum atomic E-state index is 9.34. The number of phenols is 1. The van der Waals surface area contributed by atoms with Crippen LogP contribution >= 0.6 is 0 Å². The second-order valence-corrected chi connectivity index (χ2v) is 3.44. The molecule has 0 saturated carbocycles. The van der Waals surface area contributed by atoms with Crippen LogP contribution in [0.2, 0.25) is 0 Å². The fourth-order valence-corrected chi connectivity index (χ4v) is 1.54. The lowest BCUT2D eigenvalue weighted by molar-refractivity contribution is 0.138. The highest BCUT2D eigenvalue weighted by Crippen LogP contribution is 2.32. The van der Waals surface area contributed by atoms with Crippen LogP contribution in [0.5, 0.6) is 17.2 Å². The highest BCUT2D eigenvalue weighted by molar-refractivity contribution is 5.45. The molecule has 15 heavy (non-hydrogen) atoms. The number of hydrogen-bond donors (Lipinski definition) is 1. The van der Waals surface area contributed by atoms with Gasteiger partial charge in [0.1, 0.15) is 11.9 Å². The van der Waals surface area contributed by atoms with Crippen LogP contribution in [-0.4, -0.2) is 31.5 Å². The largest absolute Gasteiger partial charge is 0.508 e. The van der Waals surface area contributed by atoms with Gasteiger partial charge in [-0.15, -0.1) is 0 Å². The van der Waals surface area contributed by atoms with Crippen LogP contribution < -0.4 is 9.47 Å². The van der Waals surface area contributed by atoms with E-state index >= 15 is 0 Å². The predicted molar refractivity (Wildman–Crippen MR) is 54.5 cm³/mol.